The van der Waals surface area contributed by atoms with Crippen molar-refractivity contribution in [1.82, 2.24) is 10.3 Å². The normalized spacial score (nSPS) is 13.4. The average Bonchev–Trinajstić information content (AvgIpc) is 2.38. The molecule has 1 unspecified atom stereocenters. The summed E-state index contributed by atoms with van der Waals surface area (Å²) in [5.41, 5.74) is 1.12. The molecule has 0 fully saturated rings. The lowest BCUT2D eigenvalue weighted by Crippen LogP contribution is -2.30. The number of ether oxygens (including phenoxy) is 1. The zero-order valence-electron chi connectivity index (χ0n) is 12.9. The highest BCUT2D eigenvalue weighted by Gasteiger charge is 2.12. The molecule has 0 spiro atoms. The van der Waals surface area contributed by atoms with Crippen molar-refractivity contribution < 1.29 is 9.84 Å². The minimum absolute atomic E-state index is 0.408. The van der Waals surface area contributed by atoms with E-state index in [1.165, 1.54) is 6.04 Å². The summed E-state index contributed by atoms with van der Waals surface area (Å²) in [5.74, 6) is 0. The van der Waals surface area contributed by atoms with Gasteiger partial charge in [-0.25, -0.2) is 0 Å². The van der Waals surface area contributed by atoms with Crippen LogP contribution < -0.4 is 5.32 Å². The van der Waals surface area contributed by atoms with Gasteiger partial charge in [-0.2, -0.15) is 0 Å². The molecule has 0 saturated carbocycles. The Morgan fingerprint density at radius 2 is 2.20 bits per heavy atom. The number of nitrogens with one attached hydrogen (secondary N) is 1. The van der Waals surface area contributed by atoms with Gasteiger partial charge in [-0.1, -0.05) is 31.8 Å². The summed E-state index contributed by atoms with van der Waals surface area (Å²) in [6, 6.07) is 5.21. The molecule has 0 aliphatic heterocycles. The molecule has 1 atom stereocenters. The van der Waals surface area contributed by atoms with E-state index in [1.54, 1.807) is 6.20 Å². The van der Waals surface area contributed by atoms with Crippen LogP contribution in [0.4, 0.5) is 0 Å². The Morgan fingerprint density at radius 1 is 1.40 bits per heavy atom. The molecule has 4 nitrogen and oxygen atoms in total. The molecule has 0 aliphatic rings. The first-order valence-corrected chi connectivity index (χ1v) is 11.0. The maximum atomic E-state index is 9.79. The van der Waals surface area contributed by atoms with Gasteiger partial charge in [-0.15, -0.1) is 0 Å². The monoisotopic (exact) mass is 296 g/mol. The third-order valence-corrected chi connectivity index (χ3v) is 4.81. The van der Waals surface area contributed by atoms with Crippen molar-refractivity contribution >= 4 is 8.07 Å². The highest BCUT2D eigenvalue weighted by molar-refractivity contribution is 6.76. The van der Waals surface area contributed by atoms with Crippen LogP contribution in [0.15, 0.2) is 24.5 Å². The maximum Gasteiger partial charge on any atom is 0.0897 e. The van der Waals surface area contributed by atoms with Crippen LogP contribution in [0.1, 0.15) is 12.0 Å². The van der Waals surface area contributed by atoms with Gasteiger partial charge < -0.3 is 15.2 Å². The number of hydrogen-bond acceptors (Lipinski definition) is 4. The van der Waals surface area contributed by atoms with E-state index in [4.69, 9.17) is 4.74 Å². The van der Waals surface area contributed by atoms with Gasteiger partial charge in [0.15, 0.2) is 0 Å². The largest absolute Gasteiger partial charge is 0.389 e. The van der Waals surface area contributed by atoms with E-state index >= 15 is 0 Å². The van der Waals surface area contributed by atoms with Crippen molar-refractivity contribution in [2.24, 2.45) is 0 Å². The van der Waals surface area contributed by atoms with Crippen LogP contribution >= 0.6 is 0 Å². The fourth-order valence-corrected chi connectivity index (χ4v) is 3.07. The second kappa shape index (κ2) is 9.23. The molecule has 2 N–H and O–H groups in total. The van der Waals surface area contributed by atoms with E-state index in [-0.39, 0.29) is 0 Å². The molecule has 5 heteroatoms. The lowest BCUT2D eigenvalue weighted by atomic mass is 10.3. The molecule has 1 aromatic rings. The van der Waals surface area contributed by atoms with Gasteiger partial charge in [0, 0.05) is 40.2 Å². The number of aromatic nitrogens is 1. The van der Waals surface area contributed by atoms with Crippen molar-refractivity contribution in [3.05, 3.63) is 30.1 Å². The minimum atomic E-state index is -0.954. The van der Waals surface area contributed by atoms with Crippen LogP contribution in [0.5, 0.6) is 0 Å². The molecule has 0 aliphatic carbocycles. The van der Waals surface area contributed by atoms with E-state index in [0.29, 0.717) is 13.2 Å². The third-order valence-electron chi connectivity index (χ3n) is 2.96. The second-order valence-corrected chi connectivity index (χ2v) is 12.0. The van der Waals surface area contributed by atoms with Crippen LogP contribution in [-0.4, -0.2) is 44.0 Å². The molecule has 1 aromatic heterocycles. The first kappa shape index (κ1) is 17.3. The summed E-state index contributed by atoms with van der Waals surface area (Å²) in [5, 5.41) is 13.0. The van der Waals surface area contributed by atoms with Crippen LogP contribution in [-0.2, 0) is 11.3 Å². The number of rotatable bonds is 10. The van der Waals surface area contributed by atoms with Crippen molar-refractivity contribution in [1.29, 1.82) is 0 Å². The molecule has 20 heavy (non-hydrogen) atoms. The molecule has 1 heterocycles. The quantitative estimate of drug-likeness (QED) is 0.514. The fraction of sp³-hybridized carbons (Fsp3) is 0.667. The standard InChI is InChI=1S/C15H28N2O2Si/c1-20(2,3)9-5-8-19-13-15(18)12-17-11-14-6-4-7-16-10-14/h4,6-7,10,15,17-18H,5,8-9,11-13H2,1-3H3. The number of pyridine rings is 1. The predicted octanol–water partition coefficient (Wildman–Crippen LogP) is 2.28. The first-order chi connectivity index (χ1) is 9.47. The van der Waals surface area contributed by atoms with Crippen molar-refractivity contribution in [3.63, 3.8) is 0 Å². The van der Waals surface area contributed by atoms with E-state index in [2.05, 4.69) is 29.9 Å². The van der Waals surface area contributed by atoms with Gasteiger partial charge in [-0.3, -0.25) is 4.98 Å². The van der Waals surface area contributed by atoms with Gasteiger partial charge >= 0.3 is 0 Å². The molecule has 0 radical (unpaired) electrons. The minimum Gasteiger partial charge on any atom is -0.389 e. The number of nitrogens with zero attached hydrogens (tertiary/aromatic N) is 1. The van der Waals surface area contributed by atoms with Crippen molar-refractivity contribution in [2.75, 3.05) is 19.8 Å². The summed E-state index contributed by atoms with van der Waals surface area (Å²) in [4.78, 5) is 4.05. The van der Waals surface area contributed by atoms with E-state index in [9.17, 15) is 5.11 Å². The summed E-state index contributed by atoms with van der Waals surface area (Å²) in [7, 11) is -0.954. The maximum absolute atomic E-state index is 9.79. The van der Waals surface area contributed by atoms with Crippen molar-refractivity contribution in [3.8, 4) is 0 Å². The van der Waals surface area contributed by atoms with Crippen LogP contribution in [0, 0.1) is 0 Å². The zero-order chi connectivity index (χ0) is 14.8. The van der Waals surface area contributed by atoms with Gasteiger partial charge in [0.25, 0.3) is 0 Å². The average molecular weight is 296 g/mol. The van der Waals surface area contributed by atoms with Crippen molar-refractivity contribution in [2.45, 2.75) is 44.8 Å². The Morgan fingerprint density at radius 3 is 2.85 bits per heavy atom. The Kier molecular flexibility index (Phi) is 7.99. The Labute approximate surface area is 123 Å². The Bertz CT molecular complexity index is 355. The lowest BCUT2D eigenvalue weighted by molar-refractivity contribution is 0.0371. The SMILES string of the molecule is C[Si](C)(C)CCCOCC(O)CNCc1cccnc1. The topological polar surface area (TPSA) is 54.4 Å². The smallest absolute Gasteiger partial charge is 0.0897 e. The Hall–Kier alpha value is -0.753. The molecular formula is C15H28N2O2Si. The molecular weight excluding hydrogens is 268 g/mol. The molecule has 0 bridgehead atoms. The number of aliphatic hydroxyl groups excluding tert-OH is 1. The highest BCUT2D eigenvalue weighted by Crippen LogP contribution is 2.10. The number of aliphatic hydroxyl groups is 1. The van der Waals surface area contributed by atoms with E-state index in [0.717, 1.165) is 25.1 Å². The van der Waals surface area contributed by atoms with E-state index < -0.39 is 14.2 Å². The lowest BCUT2D eigenvalue weighted by Gasteiger charge is -2.16. The van der Waals surface area contributed by atoms with Gasteiger partial charge in [0.1, 0.15) is 0 Å². The van der Waals surface area contributed by atoms with Gasteiger partial charge in [-0.05, 0) is 18.1 Å². The predicted molar refractivity (Wildman–Crippen MR) is 85.5 cm³/mol. The molecule has 0 aromatic carbocycles. The summed E-state index contributed by atoms with van der Waals surface area (Å²) in [6.45, 7) is 9.53. The van der Waals surface area contributed by atoms with Gasteiger partial charge in [0.2, 0.25) is 0 Å². The fourth-order valence-electron chi connectivity index (χ4n) is 1.87. The van der Waals surface area contributed by atoms with Crippen LogP contribution in [0.2, 0.25) is 25.7 Å². The second-order valence-electron chi connectivity index (χ2n) is 6.39. The summed E-state index contributed by atoms with van der Waals surface area (Å²) in [6.07, 6.45) is 4.24. The summed E-state index contributed by atoms with van der Waals surface area (Å²) < 4.78 is 5.51. The van der Waals surface area contributed by atoms with Gasteiger partial charge in [0.05, 0.1) is 12.7 Å². The zero-order valence-corrected chi connectivity index (χ0v) is 13.9. The van der Waals surface area contributed by atoms with E-state index in [1.807, 2.05) is 18.3 Å². The Balaban J connectivity index is 1.99. The summed E-state index contributed by atoms with van der Waals surface area (Å²) >= 11 is 0. The first-order valence-electron chi connectivity index (χ1n) is 7.33. The highest BCUT2D eigenvalue weighted by atomic mass is 28.3. The number of hydrogen-bond donors (Lipinski definition) is 2. The molecule has 0 amide bonds. The molecule has 1 rings (SSSR count). The van der Waals surface area contributed by atoms with Crippen LogP contribution in [0.3, 0.4) is 0 Å². The molecule has 0 saturated heterocycles. The third kappa shape index (κ3) is 9.20. The van der Waals surface area contributed by atoms with Crippen LogP contribution in [0.25, 0.3) is 0 Å². The molecule has 114 valence electrons.